The summed E-state index contributed by atoms with van der Waals surface area (Å²) < 4.78 is 10.5. The van der Waals surface area contributed by atoms with Crippen LogP contribution in [0.4, 0.5) is 0 Å². The van der Waals surface area contributed by atoms with Crippen LogP contribution in [0.15, 0.2) is 47.3 Å². The smallest absolute Gasteiger partial charge is 0.328 e. The molecule has 3 aromatic rings. The molecule has 0 bridgehead atoms. The maximum absolute atomic E-state index is 12.5. The molecule has 8 heteroatoms. The van der Waals surface area contributed by atoms with Gasteiger partial charge in [0, 0.05) is 12.3 Å². The average molecular weight is 441 g/mol. The van der Waals surface area contributed by atoms with Crippen LogP contribution < -0.4 is 10.1 Å². The Morgan fingerprint density at radius 3 is 2.45 bits per heavy atom. The third kappa shape index (κ3) is 5.03. The predicted molar refractivity (Wildman–Crippen MR) is 118 cm³/mol. The van der Waals surface area contributed by atoms with Crippen LogP contribution in [0, 0.1) is 6.92 Å². The Kier molecular flexibility index (Phi) is 6.91. The number of amides is 1. The molecule has 162 valence electrons. The highest BCUT2D eigenvalue weighted by molar-refractivity contribution is 7.08. The van der Waals surface area contributed by atoms with E-state index >= 15 is 0 Å². The van der Waals surface area contributed by atoms with Crippen LogP contribution in [0.1, 0.15) is 41.6 Å². The lowest BCUT2D eigenvalue weighted by Gasteiger charge is -2.18. The third-order valence-corrected chi connectivity index (χ3v) is 5.72. The summed E-state index contributed by atoms with van der Waals surface area (Å²) in [5, 5.41) is 16.7. The predicted octanol–water partition coefficient (Wildman–Crippen LogP) is 4.26. The van der Waals surface area contributed by atoms with Crippen LogP contribution in [0.25, 0.3) is 11.1 Å². The van der Waals surface area contributed by atoms with Gasteiger partial charge in [0.05, 0.1) is 7.11 Å². The summed E-state index contributed by atoms with van der Waals surface area (Å²) in [7, 11) is 1.37. The molecular formula is C23H24N2O5S. The van der Waals surface area contributed by atoms with E-state index in [-0.39, 0.29) is 11.4 Å². The number of carbonyl (C=O) groups excluding carboxylic acids is 2. The molecule has 0 aliphatic rings. The number of rotatable bonds is 7. The maximum atomic E-state index is 12.5. The van der Waals surface area contributed by atoms with Crippen LogP contribution in [-0.2, 0) is 9.53 Å². The van der Waals surface area contributed by atoms with Crippen molar-refractivity contribution in [3.05, 3.63) is 64.1 Å². The first kappa shape index (κ1) is 22.3. The van der Waals surface area contributed by atoms with E-state index < -0.39 is 29.8 Å². The number of ether oxygens (including phenoxy) is 2. The Morgan fingerprint density at radius 2 is 1.84 bits per heavy atom. The Morgan fingerprint density at radius 1 is 1.13 bits per heavy atom. The largest absolute Gasteiger partial charge is 0.503 e. The second-order valence-electron chi connectivity index (χ2n) is 7.08. The van der Waals surface area contributed by atoms with Crippen LogP contribution in [-0.4, -0.2) is 35.1 Å². The quantitative estimate of drug-likeness (QED) is 0.533. The highest BCUT2D eigenvalue weighted by Crippen LogP contribution is 2.29. The van der Waals surface area contributed by atoms with Gasteiger partial charge in [0.25, 0.3) is 5.91 Å². The van der Waals surface area contributed by atoms with Crippen LogP contribution in [0.3, 0.4) is 0 Å². The molecule has 0 spiro atoms. The van der Waals surface area contributed by atoms with Crippen LogP contribution in [0.2, 0.25) is 0 Å². The van der Waals surface area contributed by atoms with Gasteiger partial charge in [-0.25, -0.2) is 9.78 Å². The lowest BCUT2D eigenvalue weighted by Crippen LogP contribution is -2.40. The molecular weight excluding hydrogens is 416 g/mol. The lowest BCUT2D eigenvalue weighted by atomic mass is 10.0. The Hall–Kier alpha value is -3.39. The molecule has 0 radical (unpaired) electrons. The standard InChI is InChI=1S/C23H24N2O5S/c1-13-11-31-12-18(13)17-7-5-16(6-8-17)15(3)30-23(28)14(2)25-22(27)20-21(26)19(29-4)9-10-24-20/h5-12,14-15,26H,1-4H3,(H,25,27)/t14-,15-/m0/s1. The number of esters is 1. The molecule has 0 unspecified atom stereocenters. The summed E-state index contributed by atoms with van der Waals surface area (Å²) in [5.41, 5.74) is 4.12. The highest BCUT2D eigenvalue weighted by atomic mass is 32.1. The number of hydrogen-bond donors (Lipinski definition) is 2. The molecule has 2 N–H and O–H groups in total. The van der Waals surface area contributed by atoms with Gasteiger partial charge in [-0.2, -0.15) is 11.3 Å². The normalized spacial score (nSPS) is 12.6. The van der Waals surface area contributed by atoms with E-state index in [1.165, 1.54) is 37.4 Å². The highest BCUT2D eigenvalue weighted by Gasteiger charge is 2.24. The number of nitrogens with zero attached hydrogens (tertiary/aromatic N) is 1. The fourth-order valence-electron chi connectivity index (χ4n) is 3.03. The molecule has 0 fully saturated rings. The number of benzene rings is 1. The first-order chi connectivity index (χ1) is 14.8. The van der Waals surface area contributed by atoms with Crippen molar-refractivity contribution in [2.75, 3.05) is 7.11 Å². The minimum absolute atomic E-state index is 0.116. The summed E-state index contributed by atoms with van der Waals surface area (Å²) in [4.78, 5) is 28.7. The zero-order chi connectivity index (χ0) is 22.5. The van der Waals surface area contributed by atoms with Crippen molar-refractivity contribution >= 4 is 23.2 Å². The van der Waals surface area contributed by atoms with Gasteiger partial charge in [-0.1, -0.05) is 24.3 Å². The number of aryl methyl sites for hydroxylation is 1. The minimum Gasteiger partial charge on any atom is -0.503 e. The van der Waals surface area contributed by atoms with E-state index in [1.54, 1.807) is 18.3 Å². The summed E-state index contributed by atoms with van der Waals surface area (Å²) in [6.07, 6.45) is 0.840. The average Bonchev–Trinajstić information content (AvgIpc) is 3.19. The Bertz CT molecular complexity index is 1080. The summed E-state index contributed by atoms with van der Waals surface area (Å²) in [6, 6.07) is 8.33. The molecule has 0 saturated carbocycles. The lowest BCUT2D eigenvalue weighted by molar-refractivity contribution is -0.150. The van der Waals surface area contributed by atoms with Crippen molar-refractivity contribution in [3.8, 4) is 22.6 Å². The maximum Gasteiger partial charge on any atom is 0.328 e. The van der Waals surface area contributed by atoms with Gasteiger partial charge >= 0.3 is 5.97 Å². The first-order valence-corrected chi connectivity index (χ1v) is 10.6. The van der Waals surface area contributed by atoms with E-state index in [9.17, 15) is 14.7 Å². The number of thiophene rings is 1. The fraction of sp³-hybridized carbons (Fsp3) is 0.261. The molecule has 0 aliphatic carbocycles. The van der Waals surface area contributed by atoms with Gasteiger partial charge in [-0.3, -0.25) is 4.79 Å². The van der Waals surface area contributed by atoms with E-state index in [4.69, 9.17) is 9.47 Å². The molecule has 0 aliphatic heterocycles. The molecule has 7 nitrogen and oxygen atoms in total. The number of nitrogens with one attached hydrogen (secondary N) is 1. The summed E-state index contributed by atoms with van der Waals surface area (Å²) in [6.45, 7) is 5.35. The zero-order valence-corrected chi connectivity index (χ0v) is 18.5. The number of aromatic nitrogens is 1. The van der Waals surface area contributed by atoms with E-state index in [0.29, 0.717) is 0 Å². The Balaban J connectivity index is 1.61. The molecule has 3 rings (SSSR count). The van der Waals surface area contributed by atoms with Gasteiger partial charge in [-0.05, 0) is 53.8 Å². The van der Waals surface area contributed by atoms with Gasteiger partial charge in [-0.15, -0.1) is 0 Å². The van der Waals surface area contributed by atoms with Crippen molar-refractivity contribution < 1.29 is 24.2 Å². The number of methoxy groups -OCH3 is 1. The second-order valence-corrected chi connectivity index (χ2v) is 7.82. The van der Waals surface area contributed by atoms with Crippen molar-refractivity contribution in [1.82, 2.24) is 10.3 Å². The number of carbonyl (C=O) groups is 2. The fourth-order valence-corrected chi connectivity index (χ4v) is 3.88. The van der Waals surface area contributed by atoms with Crippen LogP contribution in [0.5, 0.6) is 11.5 Å². The van der Waals surface area contributed by atoms with E-state index in [2.05, 4.69) is 28.0 Å². The second kappa shape index (κ2) is 9.61. The van der Waals surface area contributed by atoms with Gasteiger partial charge in [0.2, 0.25) is 0 Å². The van der Waals surface area contributed by atoms with Gasteiger partial charge in [0.1, 0.15) is 12.1 Å². The number of aromatic hydroxyl groups is 1. The monoisotopic (exact) mass is 440 g/mol. The zero-order valence-electron chi connectivity index (χ0n) is 17.7. The summed E-state index contributed by atoms with van der Waals surface area (Å²) in [5.74, 6) is -1.58. The SMILES string of the molecule is COc1ccnc(C(=O)N[C@@H](C)C(=O)O[C@@H](C)c2ccc(-c3cscc3C)cc2)c1O. The molecule has 2 atom stereocenters. The molecule has 1 amide bonds. The van der Waals surface area contributed by atoms with Gasteiger partial charge < -0.3 is 19.9 Å². The molecule has 2 aromatic heterocycles. The van der Waals surface area contributed by atoms with E-state index in [1.807, 2.05) is 24.3 Å². The number of hydrogen-bond acceptors (Lipinski definition) is 7. The third-order valence-electron chi connectivity index (χ3n) is 4.86. The van der Waals surface area contributed by atoms with Crippen molar-refractivity contribution in [2.45, 2.75) is 32.9 Å². The van der Waals surface area contributed by atoms with Crippen molar-refractivity contribution in [3.63, 3.8) is 0 Å². The van der Waals surface area contributed by atoms with Crippen molar-refractivity contribution in [2.24, 2.45) is 0 Å². The molecule has 2 heterocycles. The molecule has 1 aromatic carbocycles. The topological polar surface area (TPSA) is 97.8 Å². The minimum atomic E-state index is -0.935. The first-order valence-electron chi connectivity index (χ1n) is 9.68. The van der Waals surface area contributed by atoms with Crippen molar-refractivity contribution in [1.29, 1.82) is 0 Å². The number of pyridine rings is 1. The summed E-state index contributed by atoms with van der Waals surface area (Å²) >= 11 is 1.66. The van der Waals surface area contributed by atoms with Gasteiger partial charge in [0.15, 0.2) is 17.2 Å². The molecule has 0 saturated heterocycles. The van der Waals surface area contributed by atoms with Crippen LogP contribution >= 0.6 is 11.3 Å². The van der Waals surface area contributed by atoms with E-state index in [0.717, 1.165) is 11.1 Å². The molecule has 31 heavy (non-hydrogen) atoms. The Labute approximate surface area is 184 Å².